The predicted molar refractivity (Wildman–Crippen MR) is 75.8 cm³/mol. The van der Waals surface area contributed by atoms with E-state index < -0.39 is 0 Å². The summed E-state index contributed by atoms with van der Waals surface area (Å²) in [6.45, 7) is 1.36. The summed E-state index contributed by atoms with van der Waals surface area (Å²) in [6, 6.07) is 19.4. The zero-order valence-corrected chi connectivity index (χ0v) is 10.7. The average molecular weight is 252 g/mol. The highest BCUT2D eigenvalue weighted by Crippen LogP contribution is 2.19. The summed E-state index contributed by atoms with van der Waals surface area (Å²) in [5, 5.41) is 18.3. The quantitative estimate of drug-likeness (QED) is 0.888. The Morgan fingerprint density at radius 1 is 1.05 bits per heavy atom. The Kier molecular flexibility index (Phi) is 4.41. The zero-order valence-electron chi connectivity index (χ0n) is 10.7. The van der Waals surface area contributed by atoms with Crippen molar-refractivity contribution in [2.75, 3.05) is 11.4 Å². The van der Waals surface area contributed by atoms with Gasteiger partial charge in [0.05, 0.1) is 12.5 Å². The molecule has 19 heavy (non-hydrogen) atoms. The molecule has 3 nitrogen and oxygen atoms in total. The number of benzene rings is 2. The monoisotopic (exact) mass is 252 g/mol. The Morgan fingerprint density at radius 2 is 1.84 bits per heavy atom. The molecule has 0 amide bonds. The molecule has 0 spiro atoms. The van der Waals surface area contributed by atoms with Crippen LogP contribution in [0.15, 0.2) is 54.6 Å². The molecule has 2 rings (SSSR count). The fourth-order valence-electron chi connectivity index (χ4n) is 2.00. The molecule has 0 aliphatic heterocycles. The van der Waals surface area contributed by atoms with Crippen LogP contribution in [0.5, 0.6) is 5.75 Å². The van der Waals surface area contributed by atoms with Crippen LogP contribution in [0.1, 0.15) is 12.0 Å². The average Bonchev–Trinajstić information content (AvgIpc) is 2.44. The predicted octanol–water partition coefficient (Wildman–Crippen LogP) is 3.31. The maximum absolute atomic E-state index is 9.50. The summed E-state index contributed by atoms with van der Waals surface area (Å²) in [6.07, 6.45) is 0.480. The summed E-state index contributed by atoms with van der Waals surface area (Å²) in [5.74, 6) is 0.269. The number of nitrogens with zero attached hydrogens (tertiary/aromatic N) is 2. The number of hydrogen-bond donors (Lipinski definition) is 1. The first-order chi connectivity index (χ1) is 9.29. The third-order valence-electron chi connectivity index (χ3n) is 2.90. The molecular weight excluding hydrogens is 236 g/mol. The second-order valence-electron chi connectivity index (χ2n) is 4.34. The summed E-state index contributed by atoms with van der Waals surface area (Å²) >= 11 is 0. The number of nitriles is 1. The van der Waals surface area contributed by atoms with E-state index in [4.69, 9.17) is 5.26 Å². The van der Waals surface area contributed by atoms with E-state index in [1.807, 2.05) is 42.5 Å². The minimum absolute atomic E-state index is 0.269. The molecule has 0 fully saturated rings. The Hall–Kier alpha value is -2.47. The minimum atomic E-state index is 0.269. The van der Waals surface area contributed by atoms with Crippen molar-refractivity contribution in [3.63, 3.8) is 0 Å². The molecule has 0 saturated carbocycles. The van der Waals surface area contributed by atoms with Gasteiger partial charge in [0.25, 0.3) is 0 Å². The fraction of sp³-hybridized carbons (Fsp3) is 0.188. The summed E-state index contributed by atoms with van der Waals surface area (Å²) in [4.78, 5) is 2.14. The van der Waals surface area contributed by atoms with E-state index >= 15 is 0 Å². The molecule has 0 saturated heterocycles. The lowest BCUT2D eigenvalue weighted by Gasteiger charge is -2.24. The van der Waals surface area contributed by atoms with Crippen LogP contribution in [0.2, 0.25) is 0 Å². The molecule has 0 bridgehead atoms. The lowest BCUT2D eigenvalue weighted by Crippen LogP contribution is -2.23. The van der Waals surface area contributed by atoms with Crippen molar-refractivity contribution in [2.45, 2.75) is 13.0 Å². The SMILES string of the molecule is N#CCCN(Cc1cccc(O)c1)c1ccccc1. The summed E-state index contributed by atoms with van der Waals surface area (Å²) in [7, 11) is 0. The third kappa shape index (κ3) is 3.75. The van der Waals surface area contributed by atoms with Gasteiger partial charge in [-0.15, -0.1) is 0 Å². The van der Waals surface area contributed by atoms with E-state index in [9.17, 15) is 5.11 Å². The van der Waals surface area contributed by atoms with Gasteiger partial charge in [-0.3, -0.25) is 0 Å². The molecule has 0 radical (unpaired) electrons. The molecule has 0 aliphatic rings. The van der Waals surface area contributed by atoms with Crippen molar-refractivity contribution >= 4 is 5.69 Å². The van der Waals surface area contributed by atoms with Gasteiger partial charge in [0.15, 0.2) is 0 Å². The van der Waals surface area contributed by atoms with E-state index in [0.717, 1.165) is 11.3 Å². The van der Waals surface area contributed by atoms with Crippen molar-refractivity contribution in [3.05, 3.63) is 60.2 Å². The number of phenols is 1. The van der Waals surface area contributed by atoms with Gasteiger partial charge in [0.1, 0.15) is 5.75 Å². The van der Waals surface area contributed by atoms with Crippen LogP contribution < -0.4 is 4.90 Å². The zero-order chi connectivity index (χ0) is 13.5. The second kappa shape index (κ2) is 6.46. The number of para-hydroxylation sites is 1. The van der Waals surface area contributed by atoms with Crippen molar-refractivity contribution in [1.29, 1.82) is 5.26 Å². The van der Waals surface area contributed by atoms with Gasteiger partial charge in [-0.1, -0.05) is 30.3 Å². The van der Waals surface area contributed by atoms with Crippen LogP contribution in [0.25, 0.3) is 0 Å². The summed E-state index contributed by atoms with van der Waals surface area (Å²) < 4.78 is 0. The fourth-order valence-corrected chi connectivity index (χ4v) is 2.00. The van der Waals surface area contributed by atoms with Crippen molar-refractivity contribution < 1.29 is 5.11 Å². The van der Waals surface area contributed by atoms with Crippen molar-refractivity contribution in [1.82, 2.24) is 0 Å². The molecule has 0 atom stereocenters. The first kappa shape index (κ1) is 13.0. The lowest BCUT2D eigenvalue weighted by molar-refractivity contribution is 0.474. The van der Waals surface area contributed by atoms with Gasteiger partial charge in [-0.05, 0) is 29.8 Å². The molecule has 0 aliphatic carbocycles. The second-order valence-corrected chi connectivity index (χ2v) is 4.34. The van der Waals surface area contributed by atoms with Gasteiger partial charge < -0.3 is 10.0 Å². The lowest BCUT2D eigenvalue weighted by atomic mass is 10.1. The van der Waals surface area contributed by atoms with E-state index in [1.54, 1.807) is 12.1 Å². The Morgan fingerprint density at radius 3 is 2.53 bits per heavy atom. The maximum Gasteiger partial charge on any atom is 0.115 e. The molecule has 96 valence electrons. The standard InChI is InChI=1S/C16H16N2O/c17-10-5-11-18(15-7-2-1-3-8-15)13-14-6-4-9-16(19)12-14/h1-4,6-9,12,19H,5,11,13H2. The smallest absolute Gasteiger partial charge is 0.115 e. The summed E-state index contributed by atoms with van der Waals surface area (Å²) in [5.41, 5.74) is 2.11. The Bertz CT molecular complexity index is 560. The molecule has 1 N–H and O–H groups in total. The molecule has 0 unspecified atom stereocenters. The molecular formula is C16H16N2O. The highest BCUT2D eigenvalue weighted by Gasteiger charge is 2.07. The highest BCUT2D eigenvalue weighted by atomic mass is 16.3. The van der Waals surface area contributed by atoms with Gasteiger partial charge in [0.2, 0.25) is 0 Å². The minimum Gasteiger partial charge on any atom is -0.508 e. The topological polar surface area (TPSA) is 47.3 Å². The van der Waals surface area contributed by atoms with Gasteiger partial charge in [-0.25, -0.2) is 0 Å². The highest BCUT2D eigenvalue weighted by molar-refractivity contribution is 5.47. The van der Waals surface area contributed by atoms with E-state index in [1.165, 1.54) is 0 Å². The maximum atomic E-state index is 9.50. The number of anilines is 1. The Balaban J connectivity index is 2.17. The van der Waals surface area contributed by atoms with Crippen LogP contribution >= 0.6 is 0 Å². The van der Waals surface area contributed by atoms with Crippen molar-refractivity contribution in [2.24, 2.45) is 0 Å². The largest absolute Gasteiger partial charge is 0.508 e. The van der Waals surface area contributed by atoms with Crippen LogP contribution in [0.3, 0.4) is 0 Å². The van der Waals surface area contributed by atoms with Gasteiger partial charge in [0, 0.05) is 18.8 Å². The van der Waals surface area contributed by atoms with Crippen LogP contribution in [-0.4, -0.2) is 11.7 Å². The molecule has 0 aromatic heterocycles. The molecule has 0 heterocycles. The number of rotatable bonds is 5. The van der Waals surface area contributed by atoms with E-state index in [0.29, 0.717) is 19.5 Å². The van der Waals surface area contributed by atoms with E-state index in [-0.39, 0.29) is 5.75 Å². The number of aromatic hydroxyl groups is 1. The third-order valence-corrected chi connectivity index (χ3v) is 2.90. The molecule has 2 aromatic rings. The Labute approximate surface area is 113 Å². The van der Waals surface area contributed by atoms with Gasteiger partial charge >= 0.3 is 0 Å². The number of phenolic OH excluding ortho intramolecular Hbond substituents is 1. The van der Waals surface area contributed by atoms with Crippen molar-refractivity contribution in [3.8, 4) is 11.8 Å². The molecule has 3 heteroatoms. The van der Waals surface area contributed by atoms with Crippen LogP contribution in [0.4, 0.5) is 5.69 Å². The van der Waals surface area contributed by atoms with Crippen LogP contribution in [0, 0.1) is 11.3 Å². The number of hydrogen-bond acceptors (Lipinski definition) is 3. The first-order valence-corrected chi connectivity index (χ1v) is 6.24. The molecule has 2 aromatic carbocycles. The first-order valence-electron chi connectivity index (χ1n) is 6.24. The van der Waals surface area contributed by atoms with Crippen LogP contribution in [-0.2, 0) is 6.54 Å². The van der Waals surface area contributed by atoms with Gasteiger partial charge in [-0.2, -0.15) is 5.26 Å². The normalized spacial score (nSPS) is 9.84. The van der Waals surface area contributed by atoms with E-state index in [2.05, 4.69) is 11.0 Å².